The highest BCUT2D eigenvalue weighted by Crippen LogP contribution is 2.31. The van der Waals surface area contributed by atoms with Crippen LogP contribution >= 0.6 is 0 Å². The van der Waals surface area contributed by atoms with E-state index in [4.69, 9.17) is 9.47 Å². The number of benzene rings is 1. The van der Waals surface area contributed by atoms with Crippen molar-refractivity contribution in [1.29, 1.82) is 0 Å². The minimum absolute atomic E-state index is 0.338. The summed E-state index contributed by atoms with van der Waals surface area (Å²) in [7, 11) is 1.60. The SMILES string of the molecule is COc1ccc(NC(=O)OC(C)(C)C)c(CC(O)C2CCCC2)c1. The molecular weight excluding hydrogens is 306 g/mol. The summed E-state index contributed by atoms with van der Waals surface area (Å²) in [5.41, 5.74) is 0.960. The highest BCUT2D eigenvalue weighted by Gasteiger charge is 2.25. The predicted octanol–water partition coefficient (Wildman–Crippen LogP) is 4.14. The fourth-order valence-corrected chi connectivity index (χ4v) is 3.14. The standard InChI is InChI=1S/C19H29NO4/c1-19(2,3)24-18(22)20-16-10-9-15(23-4)11-14(16)12-17(21)13-7-5-6-8-13/h9-11,13,17,21H,5-8,12H2,1-4H3,(H,20,22). The van der Waals surface area contributed by atoms with Crippen molar-refractivity contribution >= 4 is 11.8 Å². The van der Waals surface area contributed by atoms with E-state index in [2.05, 4.69) is 5.32 Å². The third-order valence-electron chi connectivity index (χ3n) is 4.32. The van der Waals surface area contributed by atoms with Crippen LogP contribution in [0.2, 0.25) is 0 Å². The second-order valence-electron chi connectivity index (χ2n) is 7.47. The molecule has 1 aromatic rings. The van der Waals surface area contributed by atoms with Crippen molar-refractivity contribution in [3.05, 3.63) is 23.8 Å². The molecule has 1 atom stereocenters. The maximum atomic E-state index is 12.0. The normalized spacial score (nSPS) is 16.7. The number of carbonyl (C=O) groups is 1. The smallest absolute Gasteiger partial charge is 0.412 e. The molecule has 0 radical (unpaired) electrons. The van der Waals surface area contributed by atoms with Gasteiger partial charge in [-0.3, -0.25) is 5.32 Å². The number of rotatable bonds is 5. The molecule has 5 heteroatoms. The average molecular weight is 335 g/mol. The van der Waals surface area contributed by atoms with Crippen molar-refractivity contribution < 1.29 is 19.4 Å². The third kappa shape index (κ3) is 5.41. The molecule has 0 heterocycles. The summed E-state index contributed by atoms with van der Waals surface area (Å²) in [6, 6.07) is 5.45. The lowest BCUT2D eigenvalue weighted by atomic mass is 9.94. The lowest BCUT2D eigenvalue weighted by molar-refractivity contribution is 0.0635. The van der Waals surface area contributed by atoms with Crippen LogP contribution in [0.3, 0.4) is 0 Å². The van der Waals surface area contributed by atoms with Gasteiger partial charge in [0, 0.05) is 12.1 Å². The minimum Gasteiger partial charge on any atom is -0.497 e. The van der Waals surface area contributed by atoms with E-state index in [1.165, 1.54) is 12.8 Å². The Hall–Kier alpha value is -1.75. The van der Waals surface area contributed by atoms with E-state index in [1.807, 2.05) is 26.8 Å². The van der Waals surface area contributed by atoms with E-state index in [0.29, 0.717) is 23.8 Å². The van der Waals surface area contributed by atoms with Crippen LogP contribution < -0.4 is 10.1 Å². The van der Waals surface area contributed by atoms with Crippen molar-refractivity contribution in [1.82, 2.24) is 0 Å². The molecule has 2 rings (SSSR count). The van der Waals surface area contributed by atoms with Crippen molar-refractivity contribution in [3.8, 4) is 5.75 Å². The Bertz CT molecular complexity index is 559. The molecule has 1 saturated carbocycles. The number of amides is 1. The first kappa shape index (κ1) is 18.6. The summed E-state index contributed by atoms with van der Waals surface area (Å²) in [5.74, 6) is 1.05. The molecular formula is C19H29NO4. The summed E-state index contributed by atoms with van der Waals surface area (Å²) in [5, 5.41) is 13.3. The van der Waals surface area contributed by atoms with Gasteiger partial charge in [-0.1, -0.05) is 12.8 Å². The highest BCUT2D eigenvalue weighted by atomic mass is 16.6. The Morgan fingerprint density at radius 1 is 1.33 bits per heavy atom. The molecule has 5 nitrogen and oxygen atoms in total. The van der Waals surface area contributed by atoms with Crippen LogP contribution in [0.4, 0.5) is 10.5 Å². The average Bonchev–Trinajstić information content (AvgIpc) is 3.01. The lowest BCUT2D eigenvalue weighted by Gasteiger charge is -2.22. The molecule has 2 N–H and O–H groups in total. The number of anilines is 1. The van der Waals surface area contributed by atoms with Gasteiger partial charge in [-0.25, -0.2) is 4.79 Å². The van der Waals surface area contributed by atoms with E-state index in [-0.39, 0.29) is 0 Å². The monoisotopic (exact) mass is 335 g/mol. The van der Waals surface area contributed by atoms with Gasteiger partial charge in [0.1, 0.15) is 11.4 Å². The van der Waals surface area contributed by atoms with Crippen LogP contribution in [-0.2, 0) is 11.2 Å². The molecule has 0 spiro atoms. The van der Waals surface area contributed by atoms with E-state index >= 15 is 0 Å². The molecule has 24 heavy (non-hydrogen) atoms. The van der Waals surface area contributed by atoms with Gasteiger partial charge in [0.15, 0.2) is 0 Å². The van der Waals surface area contributed by atoms with Gasteiger partial charge in [0.25, 0.3) is 0 Å². The first-order chi connectivity index (χ1) is 11.3. The zero-order valence-corrected chi connectivity index (χ0v) is 15.1. The number of hydrogen-bond acceptors (Lipinski definition) is 4. The van der Waals surface area contributed by atoms with Crippen molar-refractivity contribution in [2.45, 2.75) is 64.6 Å². The van der Waals surface area contributed by atoms with E-state index in [0.717, 1.165) is 18.4 Å². The quantitative estimate of drug-likeness (QED) is 0.849. The van der Waals surface area contributed by atoms with Crippen LogP contribution in [0, 0.1) is 5.92 Å². The maximum absolute atomic E-state index is 12.0. The van der Waals surface area contributed by atoms with Gasteiger partial charge < -0.3 is 14.6 Å². The Kier molecular flexibility index (Phi) is 6.10. The van der Waals surface area contributed by atoms with Crippen LogP contribution in [0.25, 0.3) is 0 Å². The summed E-state index contributed by atoms with van der Waals surface area (Å²) < 4.78 is 10.6. The second-order valence-corrected chi connectivity index (χ2v) is 7.47. The van der Waals surface area contributed by atoms with E-state index in [1.54, 1.807) is 19.2 Å². The Morgan fingerprint density at radius 3 is 2.58 bits per heavy atom. The second kappa shape index (κ2) is 7.88. The van der Waals surface area contributed by atoms with Crippen molar-refractivity contribution in [2.75, 3.05) is 12.4 Å². The summed E-state index contributed by atoms with van der Waals surface area (Å²) in [6.45, 7) is 5.47. The topological polar surface area (TPSA) is 67.8 Å². The van der Waals surface area contributed by atoms with Crippen LogP contribution in [0.1, 0.15) is 52.0 Å². The fraction of sp³-hybridized carbons (Fsp3) is 0.632. The Balaban J connectivity index is 2.13. The fourth-order valence-electron chi connectivity index (χ4n) is 3.14. The number of aliphatic hydroxyl groups is 1. The number of aliphatic hydroxyl groups excluding tert-OH is 1. The molecule has 134 valence electrons. The largest absolute Gasteiger partial charge is 0.497 e. The van der Waals surface area contributed by atoms with E-state index in [9.17, 15) is 9.90 Å². The van der Waals surface area contributed by atoms with E-state index < -0.39 is 17.8 Å². The molecule has 1 amide bonds. The molecule has 1 aliphatic carbocycles. The van der Waals surface area contributed by atoms with Gasteiger partial charge in [0.05, 0.1) is 13.2 Å². The first-order valence-corrected chi connectivity index (χ1v) is 8.63. The molecule has 1 aromatic carbocycles. The highest BCUT2D eigenvalue weighted by molar-refractivity contribution is 5.86. The number of ether oxygens (including phenoxy) is 2. The van der Waals surface area contributed by atoms with Gasteiger partial charge in [-0.15, -0.1) is 0 Å². The van der Waals surface area contributed by atoms with Crippen LogP contribution in [-0.4, -0.2) is 30.0 Å². The summed E-state index contributed by atoms with van der Waals surface area (Å²) >= 11 is 0. The zero-order chi connectivity index (χ0) is 17.7. The van der Waals surface area contributed by atoms with Gasteiger partial charge in [-0.05, 0) is 63.3 Å². The molecule has 1 unspecified atom stereocenters. The molecule has 0 bridgehead atoms. The number of nitrogens with one attached hydrogen (secondary N) is 1. The summed E-state index contributed by atoms with van der Waals surface area (Å²) in [6.07, 6.45) is 4.10. The lowest BCUT2D eigenvalue weighted by Crippen LogP contribution is -2.28. The molecule has 1 fully saturated rings. The van der Waals surface area contributed by atoms with Gasteiger partial charge in [0.2, 0.25) is 0 Å². The number of methoxy groups -OCH3 is 1. The maximum Gasteiger partial charge on any atom is 0.412 e. The molecule has 0 aromatic heterocycles. The Morgan fingerprint density at radius 2 is 2.00 bits per heavy atom. The minimum atomic E-state index is -0.555. The first-order valence-electron chi connectivity index (χ1n) is 8.63. The van der Waals surface area contributed by atoms with Gasteiger partial charge >= 0.3 is 6.09 Å². The van der Waals surface area contributed by atoms with Gasteiger partial charge in [-0.2, -0.15) is 0 Å². The summed E-state index contributed by atoms with van der Waals surface area (Å²) in [4.78, 5) is 12.0. The predicted molar refractivity (Wildman–Crippen MR) is 94.5 cm³/mol. The molecule has 1 aliphatic rings. The van der Waals surface area contributed by atoms with Crippen LogP contribution in [0.15, 0.2) is 18.2 Å². The number of carbonyl (C=O) groups excluding carboxylic acids is 1. The van der Waals surface area contributed by atoms with Crippen LogP contribution in [0.5, 0.6) is 5.75 Å². The Labute approximate surface area is 144 Å². The molecule has 0 aliphatic heterocycles. The zero-order valence-electron chi connectivity index (χ0n) is 15.1. The van der Waals surface area contributed by atoms with Crippen molar-refractivity contribution in [2.24, 2.45) is 5.92 Å². The molecule has 0 saturated heterocycles. The van der Waals surface area contributed by atoms with Crippen molar-refractivity contribution in [3.63, 3.8) is 0 Å². The third-order valence-corrected chi connectivity index (χ3v) is 4.32. The number of hydrogen-bond donors (Lipinski definition) is 2.